The summed E-state index contributed by atoms with van der Waals surface area (Å²) in [6.07, 6.45) is -8.19. The van der Waals surface area contributed by atoms with Crippen LogP contribution in [-0.2, 0) is 0 Å². The molecule has 0 atom stereocenters. The van der Waals surface area contributed by atoms with Crippen molar-refractivity contribution in [3.63, 3.8) is 0 Å². The van der Waals surface area contributed by atoms with Crippen molar-refractivity contribution in [2.75, 3.05) is 0 Å². The molecule has 0 aromatic heterocycles. The van der Waals surface area contributed by atoms with Crippen LogP contribution in [0.5, 0.6) is 0 Å². The van der Waals surface area contributed by atoms with E-state index in [-0.39, 0.29) is 12.8 Å². The molecule has 0 nitrogen and oxygen atoms in total. The molecule has 0 aromatic carbocycles. The van der Waals surface area contributed by atoms with E-state index in [0.29, 0.717) is 0 Å². The van der Waals surface area contributed by atoms with Gasteiger partial charge in [-0.25, -0.2) is 0 Å². The number of hydrogen-bond acceptors (Lipinski definition) is 0. The van der Waals surface area contributed by atoms with E-state index < -0.39 is 35.3 Å². The Labute approximate surface area is 101 Å². The highest BCUT2D eigenvalue weighted by Crippen LogP contribution is 2.46. The molecule has 0 bridgehead atoms. The highest BCUT2D eigenvalue weighted by atomic mass is 19.4. The van der Waals surface area contributed by atoms with E-state index in [1.807, 2.05) is 0 Å². The summed E-state index contributed by atoms with van der Waals surface area (Å²) in [5.74, 6) is 0. The monoisotopic (exact) mass is 272 g/mol. The quantitative estimate of drug-likeness (QED) is 0.480. The van der Waals surface area contributed by atoms with Crippen molar-refractivity contribution in [3.8, 4) is 0 Å². The number of allylic oxidation sites excluding steroid dienone is 4. The summed E-state index contributed by atoms with van der Waals surface area (Å²) in [7, 11) is 0. The van der Waals surface area contributed by atoms with E-state index in [1.165, 1.54) is 0 Å². The standard InChI is InChI=1S/C12H14F6/c1-3-10(4-2)6-8(11(13,14)15)5-9(7-10)12(16,17)18/h6-7H,3-5H2,1-2H3. The Balaban J connectivity index is 3.26. The van der Waals surface area contributed by atoms with Gasteiger partial charge in [0.05, 0.1) is 0 Å². The van der Waals surface area contributed by atoms with E-state index in [9.17, 15) is 26.3 Å². The molecule has 104 valence electrons. The van der Waals surface area contributed by atoms with Crippen LogP contribution in [0.3, 0.4) is 0 Å². The maximum absolute atomic E-state index is 12.7. The van der Waals surface area contributed by atoms with Crippen LogP contribution >= 0.6 is 0 Å². The van der Waals surface area contributed by atoms with Crippen molar-refractivity contribution < 1.29 is 26.3 Å². The lowest BCUT2D eigenvalue weighted by atomic mass is 9.74. The lowest BCUT2D eigenvalue weighted by Crippen LogP contribution is -2.28. The Morgan fingerprint density at radius 3 is 1.44 bits per heavy atom. The molecule has 0 spiro atoms. The van der Waals surface area contributed by atoms with Crippen molar-refractivity contribution >= 4 is 0 Å². The van der Waals surface area contributed by atoms with Crippen molar-refractivity contribution in [3.05, 3.63) is 23.3 Å². The molecule has 0 amide bonds. The van der Waals surface area contributed by atoms with Gasteiger partial charge in [-0.1, -0.05) is 26.0 Å². The Morgan fingerprint density at radius 1 is 0.889 bits per heavy atom. The molecule has 6 heteroatoms. The summed E-state index contributed by atoms with van der Waals surface area (Å²) in [6, 6.07) is 0. The molecule has 0 saturated heterocycles. The summed E-state index contributed by atoms with van der Waals surface area (Å²) < 4.78 is 75.9. The smallest absolute Gasteiger partial charge is 0.166 e. The fourth-order valence-electron chi connectivity index (χ4n) is 2.07. The Kier molecular flexibility index (Phi) is 3.89. The molecule has 0 radical (unpaired) electrons. The zero-order valence-corrected chi connectivity index (χ0v) is 10.0. The van der Waals surface area contributed by atoms with Gasteiger partial charge in [-0.3, -0.25) is 0 Å². The van der Waals surface area contributed by atoms with Crippen LogP contribution in [0.1, 0.15) is 33.1 Å². The van der Waals surface area contributed by atoms with E-state index in [0.717, 1.165) is 12.2 Å². The van der Waals surface area contributed by atoms with Crippen molar-refractivity contribution in [2.45, 2.75) is 45.5 Å². The average Bonchev–Trinajstić information content (AvgIpc) is 2.26. The Hall–Kier alpha value is -0.940. The fraction of sp³-hybridized carbons (Fsp3) is 0.667. The number of rotatable bonds is 2. The topological polar surface area (TPSA) is 0 Å². The van der Waals surface area contributed by atoms with Crippen LogP contribution in [0.2, 0.25) is 0 Å². The highest BCUT2D eigenvalue weighted by Gasteiger charge is 2.45. The maximum Gasteiger partial charge on any atom is 0.412 e. The van der Waals surface area contributed by atoms with Gasteiger partial charge in [-0.2, -0.15) is 26.3 Å². The van der Waals surface area contributed by atoms with Gasteiger partial charge < -0.3 is 0 Å². The normalized spacial score (nSPS) is 20.4. The van der Waals surface area contributed by atoms with Crippen LogP contribution in [-0.4, -0.2) is 12.4 Å². The van der Waals surface area contributed by atoms with Crippen molar-refractivity contribution in [1.29, 1.82) is 0 Å². The summed E-state index contributed by atoms with van der Waals surface area (Å²) in [4.78, 5) is 0. The molecule has 0 saturated carbocycles. The van der Waals surface area contributed by atoms with Crippen LogP contribution < -0.4 is 0 Å². The molecule has 18 heavy (non-hydrogen) atoms. The summed E-state index contributed by atoms with van der Waals surface area (Å²) in [5.41, 5.74) is -3.34. The van der Waals surface area contributed by atoms with Crippen molar-refractivity contribution in [2.24, 2.45) is 5.41 Å². The van der Waals surface area contributed by atoms with Crippen LogP contribution in [0.4, 0.5) is 26.3 Å². The largest absolute Gasteiger partial charge is 0.412 e. The van der Waals surface area contributed by atoms with Crippen LogP contribution in [0.15, 0.2) is 23.3 Å². The van der Waals surface area contributed by atoms with Gasteiger partial charge >= 0.3 is 12.4 Å². The number of hydrogen-bond donors (Lipinski definition) is 0. The number of alkyl halides is 6. The predicted molar refractivity (Wildman–Crippen MR) is 55.9 cm³/mol. The predicted octanol–water partition coefficient (Wildman–Crippen LogP) is 5.17. The average molecular weight is 272 g/mol. The first-order valence-corrected chi connectivity index (χ1v) is 5.62. The van der Waals surface area contributed by atoms with Crippen LogP contribution in [0.25, 0.3) is 0 Å². The second-order valence-electron chi connectivity index (χ2n) is 4.45. The lowest BCUT2D eigenvalue weighted by Gasteiger charge is -2.32. The van der Waals surface area contributed by atoms with Gasteiger partial charge in [0.1, 0.15) is 0 Å². The lowest BCUT2D eigenvalue weighted by molar-refractivity contribution is -0.107. The SMILES string of the molecule is CCC1(CC)C=C(C(F)(F)F)CC(C(F)(F)F)=C1. The minimum absolute atomic E-state index is 0.211. The molecule has 1 aliphatic rings. The van der Waals surface area contributed by atoms with E-state index in [4.69, 9.17) is 0 Å². The van der Waals surface area contributed by atoms with E-state index in [2.05, 4.69) is 0 Å². The minimum Gasteiger partial charge on any atom is -0.166 e. The molecular weight excluding hydrogens is 258 g/mol. The first-order valence-electron chi connectivity index (χ1n) is 5.62. The molecule has 0 aliphatic heterocycles. The Bertz CT molecular complexity index is 333. The summed E-state index contributed by atoms with van der Waals surface area (Å²) in [5, 5.41) is 0. The summed E-state index contributed by atoms with van der Waals surface area (Å²) >= 11 is 0. The molecule has 0 fully saturated rings. The Morgan fingerprint density at radius 2 is 1.22 bits per heavy atom. The second kappa shape index (κ2) is 4.63. The fourth-order valence-corrected chi connectivity index (χ4v) is 2.07. The zero-order valence-electron chi connectivity index (χ0n) is 10.0. The summed E-state index contributed by atoms with van der Waals surface area (Å²) in [6.45, 7) is 3.17. The van der Waals surface area contributed by atoms with Gasteiger partial charge in [0.15, 0.2) is 0 Å². The van der Waals surface area contributed by atoms with Gasteiger partial charge in [0, 0.05) is 23.0 Å². The van der Waals surface area contributed by atoms with E-state index in [1.54, 1.807) is 13.8 Å². The third kappa shape index (κ3) is 3.09. The third-order valence-corrected chi connectivity index (χ3v) is 3.35. The maximum atomic E-state index is 12.7. The molecule has 0 heterocycles. The molecule has 0 unspecified atom stereocenters. The number of halogens is 6. The molecule has 1 aliphatic carbocycles. The van der Waals surface area contributed by atoms with Gasteiger partial charge in [-0.05, 0) is 12.8 Å². The highest BCUT2D eigenvalue weighted by molar-refractivity contribution is 5.34. The van der Waals surface area contributed by atoms with Gasteiger partial charge in [0.2, 0.25) is 0 Å². The molecule has 1 rings (SSSR count). The minimum atomic E-state index is -4.71. The van der Waals surface area contributed by atoms with Crippen LogP contribution in [0, 0.1) is 5.41 Å². The zero-order chi connectivity index (χ0) is 14.2. The first kappa shape index (κ1) is 15.1. The third-order valence-electron chi connectivity index (χ3n) is 3.35. The molecule has 0 aromatic rings. The second-order valence-corrected chi connectivity index (χ2v) is 4.45. The van der Waals surface area contributed by atoms with Gasteiger partial charge in [-0.15, -0.1) is 0 Å². The molecule has 0 N–H and O–H groups in total. The van der Waals surface area contributed by atoms with E-state index >= 15 is 0 Å². The molecular formula is C12H14F6. The first-order chi connectivity index (χ1) is 8.04. The van der Waals surface area contributed by atoms with Gasteiger partial charge in [0.25, 0.3) is 0 Å². The van der Waals surface area contributed by atoms with Crippen molar-refractivity contribution in [1.82, 2.24) is 0 Å².